The van der Waals surface area contributed by atoms with Gasteiger partial charge in [0.05, 0.1) is 46.8 Å². The van der Waals surface area contributed by atoms with E-state index >= 15 is 0 Å². The normalized spacial score (nSPS) is 32.2. The van der Waals surface area contributed by atoms with Crippen LogP contribution in [-0.4, -0.2) is 73.9 Å². The van der Waals surface area contributed by atoms with E-state index in [2.05, 4.69) is 4.98 Å². The third kappa shape index (κ3) is 8.38. The second-order valence-electron chi connectivity index (χ2n) is 13.4. The van der Waals surface area contributed by atoms with Crippen molar-refractivity contribution in [2.24, 2.45) is 17.3 Å². The van der Waals surface area contributed by atoms with Gasteiger partial charge >= 0.3 is 12.1 Å². The number of aromatic nitrogens is 1. The summed E-state index contributed by atoms with van der Waals surface area (Å²) in [6.07, 6.45) is 0.730. The van der Waals surface area contributed by atoms with Crippen molar-refractivity contribution >= 4 is 35.3 Å². The number of Topliss-reactive ketones (excluding diaryl/α,β-unsaturated/α-hetero) is 1. The molecule has 2 aliphatic rings. The third-order valence-electron chi connectivity index (χ3n) is 8.42. The summed E-state index contributed by atoms with van der Waals surface area (Å²) in [6, 6.07) is -0.292. The van der Waals surface area contributed by atoms with Crippen LogP contribution in [0, 0.1) is 24.2 Å². The first-order valence-corrected chi connectivity index (χ1v) is 15.5. The Morgan fingerprint density at radius 1 is 1.20 bits per heavy atom. The number of thiazole rings is 1. The number of hydrogen-bond donors (Lipinski definition) is 2. The fraction of sp³-hybridized carbons (Fsp3) is 0.742. The van der Waals surface area contributed by atoms with E-state index in [1.165, 1.54) is 11.3 Å². The lowest BCUT2D eigenvalue weighted by Crippen LogP contribution is -2.45. The Bertz CT molecular complexity index is 1140. The molecule has 0 aliphatic carbocycles. The molecule has 1 aromatic heterocycles. The number of ketones is 1. The molecule has 2 saturated heterocycles. The molecule has 10 heteroatoms. The van der Waals surface area contributed by atoms with E-state index in [1.54, 1.807) is 25.7 Å². The SMILES string of the molecule is C/C(=C\c1csc(C)n1)C1CC2C(CCCC(C)C(O)C(C)C(=O)C(C)(C)C(O)CC(=O)O1)N2C(=O)OC(C)(C)C. The first kappa shape index (κ1) is 33.2. The van der Waals surface area contributed by atoms with Crippen LogP contribution in [0.4, 0.5) is 4.79 Å². The number of fused-ring (bicyclic) bond motifs is 1. The number of amides is 1. The van der Waals surface area contributed by atoms with E-state index < -0.39 is 47.3 Å². The van der Waals surface area contributed by atoms with E-state index in [4.69, 9.17) is 9.47 Å². The third-order valence-corrected chi connectivity index (χ3v) is 9.21. The molecule has 41 heavy (non-hydrogen) atoms. The number of esters is 1. The van der Waals surface area contributed by atoms with Crippen molar-refractivity contribution in [1.82, 2.24) is 9.88 Å². The predicted molar refractivity (Wildman–Crippen MR) is 158 cm³/mol. The summed E-state index contributed by atoms with van der Waals surface area (Å²) >= 11 is 1.52. The van der Waals surface area contributed by atoms with Gasteiger partial charge in [-0.1, -0.05) is 34.1 Å². The minimum Gasteiger partial charge on any atom is -0.458 e. The Hall–Kier alpha value is -2.30. The van der Waals surface area contributed by atoms with Crippen LogP contribution >= 0.6 is 11.3 Å². The summed E-state index contributed by atoms with van der Waals surface area (Å²) in [4.78, 5) is 45.9. The highest BCUT2D eigenvalue weighted by Gasteiger charge is 2.53. The Kier molecular flexibility index (Phi) is 10.5. The molecular formula is C31H48N2O7S. The molecule has 230 valence electrons. The Morgan fingerprint density at radius 2 is 1.85 bits per heavy atom. The van der Waals surface area contributed by atoms with Gasteiger partial charge in [-0.25, -0.2) is 9.78 Å². The topological polar surface area (TPSA) is 126 Å². The van der Waals surface area contributed by atoms with Crippen LogP contribution < -0.4 is 0 Å². The molecule has 0 aromatic carbocycles. The smallest absolute Gasteiger partial charge is 0.410 e. The van der Waals surface area contributed by atoms with Crippen molar-refractivity contribution in [3.05, 3.63) is 21.7 Å². The molecule has 7 atom stereocenters. The van der Waals surface area contributed by atoms with Gasteiger partial charge in [-0.3, -0.25) is 14.5 Å². The number of carbonyl (C=O) groups is 3. The molecule has 3 heterocycles. The Morgan fingerprint density at radius 3 is 2.44 bits per heavy atom. The van der Waals surface area contributed by atoms with Crippen LogP contribution in [0.15, 0.2) is 11.0 Å². The molecular weight excluding hydrogens is 544 g/mol. The minimum absolute atomic E-state index is 0.0961. The molecule has 0 spiro atoms. The van der Waals surface area contributed by atoms with Gasteiger partial charge in [-0.05, 0) is 65.0 Å². The van der Waals surface area contributed by atoms with Crippen molar-refractivity contribution in [1.29, 1.82) is 0 Å². The van der Waals surface area contributed by atoms with E-state index in [0.29, 0.717) is 19.3 Å². The van der Waals surface area contributed by atoms with Crippen molar-refractivity contribution in [3.8, 4) is 0 Å². The number of carbonyl (C=O) groups excluding carboxylic acids is 3. The zero-order chi connectivity index (χ0) is 30.9. The lowest BCUT2D eigenvalue weighted by Gasteiger charge is -2.34. The summed E-state index contributed by atoms with van der Waals surface area (Å²) in [6.45, 7) is 16.1. The quantitative estimate of drug-likeness (QED) is 0.350. The second-order valence-corrected chi connectivity index (χ2v) is 14.5. The molecule has 9 nitrogen and oxygen atoms in total. The number of nitrogens with zero attached hydrogens (tertiary/aromatic N) is 2. The molecule has 0 bridgehead atoms. The summed E-state index contributed by atoms with van der Waals surface area (Å²) in [5.74, 6) is -1.81. The van der Waals surface area contributed by atoms with Crippen LogP contribution in [0.2, 0.25) is 0 Å². The number of aliphatic hydroxyl groups excluding tert-OH is 2. The van der Waals surface area contributed by atoms with Gasteiger partial charge < -0.3 is 19.7 Å². The largest absolute Gasteiger partial charge is 0.458 e. The molecule has 2 fully saturated rings. The predicted octanol–water partition coefficient (Wildman–Crippen LogP) is 5.31. The van der Waals surface area contributed by atoms with E-state index in [1.807, 2.05) is 53.0 Å². The molecule has 1 aromatic rings. The van der Waals surface area contributed by atoms with Gasteiger partial charge in [-0.15, -0.1) is 11.3 Å². The van der Waals surface area contributed by atoms with Crippen LogP contribution in [0.5, 0.6) is 0 Å². The molecule has 1 amide bonds. The fourth-order valence-corrected chi connectivity index (χ4v) is 6.25. The summed E-state index contributed by atoms with van der Waals surface area (Å²) < 4.78 is 11.6. The highest BCUT2D eigenvalue weighted by molar-refractivity contribution is 7.09. The van der Waals surface area contributed by atoms with Crippen LogP contribution in [0.3, 0.4) is 0 Å². The lowest BCUT2D eigenvalue weighted by atomic mass is 9.73. The number of aliphatic hydroxyl groups is 2. The Labute approximate surface area is 248 Å². The summed E-state index contributed by atoms with van der Waals surface area (Å²) in [7, 11) is 0. The first-order valence-electron chi connectivity index (χ1n) is 14.6. The average Bonchev–Trinajstić information content (AvgIpc) is 3.39. The minimum atomic E-state index is -1.29. The van der Waals surface area contributed by atoms with Gasteiger partial charge in [0, 0.05) is 17.7 Å². The second kappa shape index (κ2) is 12.9. The summed E-state index contributed by atoms with van der Waals surface area (Å²) in [5.41, 5.74) is -0.380. The number of aryl methyl sites for hydroxylation is 1. The highest BCUT2D eigenvalue weighted by atomic mass is 32.1. The summed E-state index contributed by atoms with van der Waals surface area (Å²) in [5, 5.41) is 24.8. The molecule has 7 unspecified atom stereocenters. The maximum Gasteiger partial charge on any atom is 0.410 e. The maximum absolute atomic E-state index is 13.4. The molecule has 0 radical (unpaired) electrons. The Balaban J connectivity index is 1.94. The van der Waals surface area contributed by atoms with Crippen molar-refractivity contribution in [2.45, 2.75) is 130 Å². The molecule has 3 rings (SSSR count). The van der Waals surface area contributed by atoms with Gasteiger partial charge in [-0.2, -0.15) is 0 Å². The van der Waals surface area contributed by atoms with Crippen molar-refractivity contribution in [3.63, 3.8) is 0 Å². The van der Waals surface area contributed by atoms with Crippen molar-refractivity contribution < 1.29 is 34.1 Å². The van der Waals surface area contributed by atoms with E-state index in [0.717, 1.165) is 22.7 Å². The first-order chi connectivity index (χ1) is 18.9. The number of hydrogen-bond acceptors (Lipinski definition) is 9. The average molecular weight is 593 g/mol. The van der Waals surface area contributed by atoms with Gasteiger partial charge in [0.1, 0.15) is 17.5 Å². The van der Waals surface area contributed by atoms with Gasteiger partial charge in [0.25, 0.3) is 0 Å². The molecule has 2 N–H and O–H groups in total. The van der Waals surface area contributed by atoms with E-state index in [-0.39, 0.29) is 30.2 Å². The van der Waals surface area contributed by atoms with E-state index in [9.17, 15) is 24.6 Å². The number of rotatable bonds is 2. The maximum atomic E-state index is 13.4. The standard InChI is InChI=1S/C31H48N2O7S/c1-17-11-10-12-22-23(33(22)29(38)40-30(5,6)7)14-24(18(2)13-21-16-41-20(4)32-21)39-26(35)15-25(34)31(8,9)28(37)19(3)27(17)36/h13,16-17,19,22-25,27,34,36H,10-12,14-15H2,1-9H3/b18-13+. The van der Waals surface area contributed by atoms with Gasteiger partial charge in [0.2, 0.25) is 0 Å². The highest BCUT2D eigenvalue weighted by Crippen LogP contribution is 2.40. The number of ether oxygens (including phenoxy) is 2. The zero-order valence-electron chi connectivity index (χ0n) is 26.0. The lowest BCUT2D eigenvalue weighted by molar-refractivity contribution is -0.154. The number of cyclic esters (lactones) is 1. The van der Waals surface area contributed by atoms with Crippen LogP contribution in [0.1, 0.15) is 98.2 Å². The molecule has 0 saturated carbocycles. The van der Waals surface area contributed by atoms with Crippen LogP contribution in [-0.2, 0) is 19.1 Å². The van der Waals surface area contributed by atoms with Crippen molar-refractivity contribution in [2.75, 3.05) is 0 Å². The monoisotopic (exact) mass is 592 g/mol. The van der Waals surface area contributed by atoms with Crippen LogP contribution in [0.25, 0.3) is 6.08 Å². The van der Waals surface area contributed by atoms with Gasteiger partial charge in [0.15, 0.2) is 0 Å². The zero-order valence-corrected chi connectivity index (χ0v) is 26.8. The molecule has 2 aliphatic heterocycles. The fourth-order valence-electron chi connectivity index (χ4n) is 5.68.